The van der Waals surface area contributed by atoms with Gasteiger partial charge in [0.25, 0.3) is 0 Å². The van der Waals surface area contributed by atoms with Gasteiger partial charge in [0, 0.05) is 36.9 Å². The van der Waals surface area contributed by atoms with E-state index in [-0.39, 0.29) is 5.92 Å². The summed E-state index contributed by atoms with van der Waals surface area (Å²) in [5.74, 6) is 3.73. The topological polar surface area (TPSA) is 69.6 Å². The first-order chi connectivity index (χ1) is 16.4. The van der Waals surface area contributed by atoms with Crippen molar-refractivity contribution in [1.29, 1.82) is 5.41 Å². The maximum Gasteiger partial charge on any atom is 0.136 e. The number of carbonyl (C=O) groups excluding carboxylic acids is 1. The number of nitrogens with zero attached hydrogens (tertiary/aromatic N) is 1. The lowest BCUT2D eigenvalue weighted by atomic mass is 9.79. The molecule has 0 bridgehead atoms. The van der Waals surface area contributed by atoms with Crippen LogP contribution in [0.2, 0.25) is 0 Å². The minimum atomic E-state index is 0.0391. The number of Topliss-reactive ketones (excluding diaryl/α,β-unsaturated/α-hetero) is 1. The molecule has 1 aliphatic rings. The number of imidazole rings is 1. The van der Waals surface area contributed by atoms with Crippen LogP contribution in [0, 0.1) is 37.0 Å². The Morgan fingerprint density at radius 1 is 1.21 bits per heavy atom. The molecule has 1 aromatic heterocycles. The van der Waals surface area contributed by atoms with Crippen LogP contribution in [0.3, 0.4) is 0 Å². The van der Waals surface area contributed by atoms with E-state index in [1.807, 2.05) is 12.4 Å². The highest BCUT2D eigenvalue weighted by atomic mass is 16.1. The molecule has 1 heterocycles. The van der Waals surface area contributed by atoms with Crippen molar-refractivity contribution in [3.63, 3.8) is 0 Å². The Labute approximate surface area is 206 Å². The van der Waals surface area contributed by atoms with E-state index < -0.39 is 0 Å². The number of aryl methyl sites for hydroxylation is 1. The van der Waals surface area contributed by atoms with Crippen LogP contribution in [0.4, 0.5) is 0 Å². The maximum atomic E-state index is 12.9. The number of aromatic amines is 1. The van der Waals surface area contributed by atoms with Crippen molar-refractivity contribution in [2.75, 3.05) is 0 Å². The fourth-order valence-corrected chi connectivity index (χ4v) is 6.05. The molecular formula is C30H45N3O. The fraction of sp³-hybridized carbons (Fsp3) is 0.633. The monoisotopic (exact) mass is 463 g/mol. The SMILES string of the molecule is CCCC(CCCC(=O)[C@H](C)Cc1cc(C)c(C)c(C=N)c1)C1CCCC(c2ncc[nH]2)CC1. The van der Waals surface area contributed by atoms with E-state index in [1.165, 1.54) is 74.5 Å². The van der Waals surface area contributed by atoms with E-state index in [9.17, 15) is 4.79 Å². The molecular weight excluding hydrogens is 418 g/mol. The summed E-state index contributed by atoms with van der Waals surface area (Å²) in [6.07, 6.45) is 17.8. The molecule has 2 aromatic rings. The quantitative estimate of drug-likeness (QED) is 0.250. The summed E-state index contributed by atoms with van der Waals surface area (Å²) in [4.78, 5) is 20.8. The van der Waals surface area contributed by atoms with Crippen molar-refractivity contribution in [2.45, 2.75) is 104 Å². The lowest BCUT2D eigenvalue weighted by Crippen LogP contribution is -2.17. The number of carbonyl (C=O) groups is 1. The summed E-state index contributed by atoms with van der Waals surface area (Å²) < 4.78 is 0. The molecule has 4 nitrogen and oxygen atoms in total. The first kappa shape index (κ1) is 26.4. The highest BCUT2D eigenvalue weighted by molar-refractivity contribution is 5.82. The minimum absolute atomic E-state index is 0.0391. The molecule has 0 spiro atoms. The zero-order chi connectivity index (χ0) is 24.5. The highest BCUT2D eigenvalue weighted by Crippen LogP contribution is 2.39. The molecule has 0 radical (unpaired) electrons. The Morgan fingerprint density at radius 2 is 2.03 bits per heavy atom. The zero-order valence-corrected chi connectivity index (χ0v) is 21.8. The third-order valence-electron chi connectivity index (χ3n) is 8.26. The first-order valence-electron chi connectivity index (χ1n) is 13.5. The lowest BCUT2D eigenvalue weighted by Gasteiger charge is -2.26. The van der Waals surface area contributed by atoms with E-state index in [4.69, 9.17) is 5.41 Å². The van der Waals surface area contributed by atoms with Gasteiger partial charge in [-0.25, -0.2) is 4.98 Å². The second-order valence-electron chi connectivity index (χ2n) is 10.7. The van der Waals surface area contributed by atoms with E-state index in [0.717, 1.165) is 35.8 Å². The Morgan fingerprint density at radius 3 is 2.74 bits per heavy atom. The van der Waals surface area contributed by atoms with Crippen LogP contribution in [0.1, 0.15) is 112 Å². The minimum Gasteiger partial charge on any atom is -0.348 e. The number of benzene rings is 1. The number of hydrogen-bond acceptors (Lipinski definition) is 3. The summed E-state index contributed by atoms with van der Waals surface area (Å²) in [5, 5.41) is 7.66. The van der Waals surface area contributed by atoms with Crippen LogP contribution in [0.5, 0.6) is 0 Å². The third-order valence-corrected chi connectivity index (χ3v) is 8.26. The maximum absolute atomic E-state index is 12.9. The molecule has 3 rings (SSSR count). The van der Waals surface area contributed by atoms with Crippen LogP contribution < -0.4 is 0 Å². The van der Waals surface area contributed by atoms with Crippen LogP contribution >= 0.6 is 0 Å². The average molecular weight is 464 g/mol. The molecule has 0 aliphatic heterocycles. The van der Waals surface area contributed by atoms with Crippen molar-refractivity contribution in [1.82, 2.24) is 9.97 Å². The molecule has 186 valence electrons. The summed E-state index contributed by atoms with van der Waals surface area (Å²) in [7, 11) is 0. The first-order valence-corrected chi connectivity index (χ1v) is 13.5. The third kappa shape index (κ3) is 7.13. The van der Waals surface area contributed by atoms with Crippen molar-refractivity contribution in [3.8, 4) is 0 Å². The predicted molar refractivity (Wildman–Crippen MR) is 142 cm³/mol. The Kier molecular flexibility index (Phi) is 10.1. The van der Waals surface area contributed by atoms with Crippen molar-refractivity contribution in [3.05, 3.63) is 52.6 Å². The molecule has 3 unspecified atom stereocenters. The van der Waals surface area contributed by atoms with Gasteiger partial charge in [-0.1, -0.05) is 45.6 Å². The molecule has 4 heteroatoms. The average Bonchev–Trinajstić information content (AvgIpc) is 3.25. The number of nitrogens with one attached hydrogen (secondary N) is 2. The number of ketones is 1. The Bertz CT molecular complexity index is 917. The van der Waals surface area contributed by atoms with Crippen molar-refractivity contribution < 1.29 is 4.79 Å². The molecule has 1 fully saturated rings. The van der Waals surface area contributed by atoms with E-state index in [0.29, 0.717) is 18.1 Å². The second-order valence-corrected chi connectivity index (χ2v) is 10.7. The molecule has 0 amide bonds. The van der Waals surface area contributed by atoms with Gasteiger partial charge in [0.1, 0.15) is 11.6 Å². The van der Waals surface area contributed by atoms with E-state index in [1.54, 1.807) is 0 Å². The van der Waals surface area contributed by atoms with Gasteiger partial charge in [-0.05, 0) is 92.5 Å². The summed E-state index contributed by atoms with van der Waals surface area (Å²) in [6, 6.07) is 4.27. The van der Waals surface area contributed by atoms with Crippen LogP contribution in [0.25, 0.3) is 0 Å². The van der Waals surface area contributed by atoms with Gasteiger partial charge in [-0.2, -0.15) is 0 Å². The summed E-state index contributed by atoms with van der Waals surface area (Å²) >= 11 is 0. The van der Waals surface area contributed by atoms with Crippen molar-refractivity contribution >= 4 is 12.0 Å². The number of rotatable bonds is 12. The Hall–Kier alpha value is -2.23. The van der Waals surface area contributed by atoms with Crippen molar-refractivity contribution in [2.24, 2.45) is 17.8 Å². The molecule has 2 N–H and O–H groups in total. The molecule has 0 saturated heterocycles. The van der Waals surface area contributed by atoms with Crippen LogP contribution in [-0.4, -0.2) is 22.0 Å². The van der Waals surface area contributed by atoms with Gasteiger partial charge in [0.05, 0.1) is 0 Å². The van der Waals surface area contributed by atoms with Gasteiger partial charge >= 0.3 is 0 Å². The summed E-state index contributed by atoms with van der Waals surface area (Å²) in [5.41, 5.74) is 4.51. The molecule has 4 atom stereocenters. The number of H-pyrrole nitrogens is 1. The molecule has 1 aliphatic carbocycles. The molecule has 1 aromatic carbocycles. The smallest absolute Gasteiger partial charge is 0.136 e. The number of hydrogen-bond donors (Lipinski definition) is 2. The largest absolute Gasteiger partial charge is 0.348 e. The standard InChI is InChI=1S/C30H45N3O/c1-5-8-25(26-9-6-11-27(14-13-26)30-32-15-16-33-30)10-7-12-29(34)22(3)18-24-17-21(2)23(4)28(19-24)20-31/h15-17,19-20,22,25-27,31H,5-14,18H2,1-4H3,(H,32,33)/t22-,25?,26?,27?/m1/s1. The second kappa shape index (κ2) is 13.0. The van der Waals surface area contributed by atoms with Crippen LogP contribution in [-0.2, 0) is 11.2 Å². The van der Waals surface area contributed by atoms with Gasteiger partial charge in [-0.3, -0.25) is 4.79 Å². The predicted octanol–water partition coefficient (Wildman–Crippen LogP) is 7.72. The van der Waals surface area contributed by atoms with Gasteiger partial charge < -0.3 is 10.4 Å². The van der Waals surface area contributed by atoms with Gasteiger partial charge in [0.15, 0.2) is 0 Å². The summed E-state index contributed by atoms with van der Waals surface area (Å²) in [6.45, 7) is 8.53. The fourth-order valence-electron chi connectivity index (χ4n) is 6.05. The van der Waals surface area contributed by atoms with Crippen LogP contribution in [0.15, 0.2) is 24.5 Å². The van der Waals surface area contributed by atoms with E-state index >= 15 is 0 Å². The molecule has 34 heavy (non-hydrogen) atoms. The molecule has 1 saturated carbocycles. The normalized spacial score (nSPS) is 20.5. The highest BCUT2D eigenvalue weighted by Gasteiger charge is 2.27. The Balaban J connectivity index is 1.49. The number of aromatic nitrogens is 2. The van der Waals surface area contributed by atoms with Gasteiger partial charge in [-0.15, -0.1) is 0 Å². The zero-order valence-electron chi connectivity index (χ0n) is 21.8. The lowest BCUT2D eigenvalue weighted by molar-refractivity contribution is -0.122. The van der Waals surface area contributed by atoms with Gasteiger partial charge in [0.2, 0.25) is 0 Å². The van der Waals surface area contributed by atoms with E-state index in [2.05, 4.69) is 49.8 Å².